The Morgan fingerprint density at radius 3 is 2.57 bits per heavy atom. The summed E-state index contributed by atoms with van der Waals surface area (Å²) >= 11 is 0. The minimum absolute atomic E-state index is 0.0708. The first-order valence-electron chi connectivity index (χ1n) is 18.1. The van der Waals surface area contributed by atoms with Crippen molar-refractivity contribution in [1.82, 2.24) is 43.6 Å². The highest BCUT2D eigenvalue weighted by Gasteiger charge is 2.33. The van der Waals surface area contributed by atoms with Crippen LogP contribution in [0.1, 0.15) is 71.2 Å². The van der Waals surface area contributed by atoms with Gasteiger partial charge in [-0.25, -0.2) is 18.3 Å². The average Bonchev–Trinajstić information content (AvgIpc) is 3.93. The molecule has 0 radical (unpaired) electrons. The van der Waals surface area contributed by atoms with Gasteiger partial charge in [-0.3, -0.25) is 23.6 Å². The highest BCUT2D eigenvalue weighted by atomic mass is 19.1. The average molecular weight is 732 g/mol. The van der Waals surface area contributed by atoms with E-state index in [-0.39, 0.29) is 35.5 Å². The number of imidazole rings is 1. The Labute approximate surface area is 308 Å². The number of nitrogens with zero attached hydrogens (tertiary/aromatic N) is 8. The summed E-state index contributed by atoms with van der Waals surface area (Å²) in [5.74, 6) is -0.436. The molecule has 0 saturated carbocycles. The normalized spacial score (nSPS) is 17.1. The zero-order valence-electron chi connectivity index (χ0n) is 30.7. The van der Waals surface area contributed by atoms with Crippen LogP contribution in [0, 0.1) is 25.5 Å². The number of ether oxygens (including phenoxy) is 1. The van der Waals surface area contributed by atoms with E-state index < -0.39 is 11.5 Å². The number of carbonyl (C=O) groups excluding carboxylic acids is 1. The highest BCUT2D eigenvalue weighted by Crippen LogP contribution is 2.36. The van der Waals surface area contributed by atoms with Crippen molar-refractivity contribution in [3.8, 4) is 17.2 Å². The van der Waals surface area contributed by atoms with E-state index in [1.807, 2.05) is 6.07 Å². The molecular formula is C40H39F2N9O3. The van der Waals surface area contributed by atoms with E-state index in [0.717, 1.165) is 29.4 Å². The fraction of sp³-hybridized carbons (Fsp3) is 0.325. The molecule has 5 aromatic heterocycles. The van der Waals surface area contributed by atoms with Crippen molar-refractivity contribution in [2.45, 2.75) is 65.0 Å². The summed E-state index contributed by atoms with van der Waals surface area (Å²) in [5.41, 5.74) is 4.89. The molecule has 12 nitrogen and oxygen atoms in total. The number of rotatable bonds is 5. The molecule has 1 N–H and O–H groups in total. The largest absolute Gasteiger partial charge is 0.376 e. The number of hydrogen-bond donors (Lipinski definition) is 1. The van der Waals surface area contributed by atoms with Crippen LogP contribution >= 0.6 is 0 Å². The summed E-state index contributed by atoms with van der Waals surface area (Å²) in [6, 6.07) is 10.6. The second-order valence-corrected chi connectivity index (χ2v) is 15.1. The molecular weight excluding hydrogens is 692 g/mol. The van der Waals surface area contributed by atoms with Crippen LogP contribution < -0.4 is 5.69 Å². The van der Waals surface area contributed by atoms with Crippen LogP contribution in [0.15, 0.2) is 66.0 Å². The van der Waals surface area contributed by atoms with Crippen LogP contribution in [0.3, 0.4) is 0 Å². The SMILES string of the molecule is Cc1cc(-n2nc3c(c2-n2ccn(-c4ccc5c(cnn5C)c4F)c2=O)CN(C(=O)c2cc4cc(C5CCOC(C)(C)C5)ncc4[nH]2)CC3)cc(C)c1F. The van der Waals surface area contributed by atoms with Gasteiger partial charge in [-0.2, -0.15) is 10.2 Å². The minimum atomic E-state index is -0.574. The van der Waals surface area contributed by atoms with Crippen LogP contribution in [-0.4, -0.2) is 68.2 Å². The van der Waals surface area contributed by atoms with E-state index in [1.165, 1.54) is 21.5 Å². The number of H-pyrrole nitrogens is 1. The van der Waals surface area contributed by atoms with E-state index in [2.05, 4.69) is 30.0 Å². The van der Waals surface area contributed by atoms with Crippen molar-refractivity contribution in [3.63, 3.8) is 0 Å². The number of aryl methyl sites for hydroxylation is 3. The number of halogens is 2. The quantitative estimate of drug-likeness (QED) is 0.221. The molecule has 2 aliphatic heterocycles. The zero-order chi connectivity index (χ0) is 37.6. The Morgan fingerprint density at radius 1 is 1.02 bits per heavy atom. The monoisotopic (exact) mass is 731 g/mol. The molecule has 0 bridgehead atoms. The van der Waals surface area contributed by atoms with Crippen LogP contribution in [0.5, 0.6) is 0 Å². The molecule has 1 fully saturated rings. The molecule has 14 heteroatoms. The number of nitrogens with one attached hydrogen (secondary N) is 1. The van der Waals surface area contributed by atoms with Crippen LogP contribution in [0.2, 0.25) is 0 Å². The fourth-order valence-electron chi connectivity index (χ4n) is 8.14. The molecule has 2 aromatic carbocycles. The van der Waals surface area contributed by atoms with E-state index in [4.69, 9.17) is 14.8 Å². The molecule has 54 heavy (non-hydrogen) atoms. The van der Waals surface area contributed by atoms with Gasteiger partial charge in [-0.1, -0.05) is 0 Å². The summed E-state index contributed by atoms with van der Waals surface area (Å²) in [4.78, 5) is 38.2. The molecule has 276 valence electrons. The topological polar surface area (TPSA) is 121 Å². The summed E-state index contributed by atoms with van der Waals surface area (Å²) in [7, 11) is 1.72. The predicted molar refractivity (Wildman–Crippen MR) is 199 cm³/mol. The number of amides is 1. The first-order chi connectivity index (χ1) is 25.9. The van der Waals surface area contributed by atoms with Gasteiger partial charge in [-0.05, 0) is 88.1 Å². The molecule has 1 amide bonds. The summed E-state index contributed by atoms with van der Waals surface area (Å²) in [5, 5.41) is 10.3. The van der Waals surface area contributed by atoms with E-state index in [1.54, 1.807) is 71.8 Å². The second kappa shape index (κ2) is 12.3. The highest BCUT2D eigenvalue weighted by molar-refractivity contribution is 5.98. The third kappa shape index (κ3) is 5.46. The number of carbonyl (C=O) groups is 1. The van der Waals surface area contributed by atoms with E-state index >= 15 is 4.39 Å². The zero-order valence-corrected chi connectivity index (χ0v) is 30.7. The fourth-order valence-corrected chi connectivity index (χ4v) is 8.14. The molecule has 9 rings (SSSR count). The van der Waals surface area contributed by atoms with Crippen LogP contribution in [0.25, 0.3) is 39.0 Å². The van der Waals surface area contributed by atoms with Gasteiger partial charge in [0.2, 0.25) is 0 Å². The molecule has 0 spiro atoms. The Morgan fingerprint density at radius 2 is 1.80 bits per heavy atom. The van der Waals surface area contributed by atoms with E-state index in [0.29, 0.717) is 70.1 Å². The molecule has 2 aliphatic rings. The third-order valence-corrected chi connectivity index (χ3v) is 10.9. The lowest BCUT2D eigenvalue weighted by molar-refractivity contribution is -0.0597. The first kappa shape index (κ1) is 33.9. The lowest BCUT2D eigenvalue weighted by Crippen LogP contribution is -2.36. The number of fused-ring (bicyclic) bond motifs is 3. The number of benzene rings is 2. The predicted octanol–water partition coefficient (Wildman–Crippen LogP) is 6.34. The van der Waals surface area contributed by atoms with Crippen molar-refractivity contribution in [3.05, 3.63) is 117 Å². The molecule has 0 aliphatic carbocycles. The number of aromatic amines is 1. The van der Waals surface area contributed by atoms with Crippen molar-refractivity contribution < 1.29 is 18.3 Å². The standard InChI is InChI=1S/C40H39F2N9O3/c1-22-14-26(15-23(2)35(22)41)51-37(50-12-11-49(39(50)53)34-7-6-33-27(36(34)42)19-44-47(33)5)28-21-48(10-8-29(28)46-51)38(52)31-17-25-16-30(43-20-32(25)45-31)24-9-13-54-40(3,4)18-24/h6-7,11-12,14-17,19-20,24,45H,8-10,13,18,21H2,1-5H3. The molecule has 1 unspecified atom stereocenters. The lowest BCUT2D eigenvalue weighted by Gasteiger charge is -2.35. The number of aromatic nitrogens is 8. The van der Waals surface area contributed by atoms with Gasteiger partial charge in [-0.15, -0.1) is 0 Å². The number of hydrogen-bond acceptors (Lipinski definition) is 6. The van der Waals surface area contributed by atoms with Gasteiger partial charge in [0.25, 0.3) is 5.91 Å². The second-order valence-electron chi connectivity index (χ2n) is 15.1. The molecule has 1 atom stereocenters. The summed E-state index contributed by atoms with van der Waals surface area (Å²) in [6.45, 7) is 8.79. The van der Waals surface area contributed by atoms with Crippen molar-refractivity contribution >= 4 is 27.7 Å². The Balaban J connectivity index is 1.10. The Kier molecular flexibility index (Phi) is 7.75. The van der Waals surface area contributed by atoms with Crippen molar-refractivity contribution in [2.75, 3.05) is 13.2 Å². The maximum Gasteiger partial charge on any atom is 0.338 e. The lowest BCUT2D eigenvalue weighted by atomic mass is 9.86. The maximum absolute atomic E-state index is 15.8. The first-order valence-corrected chi connectivity index (χ1v) is 18.1. The maximum atomic E-state index is 15.8. The summed E-state index contributed by atoms with van der Waals surface area (Å²) in [6.07, 6.45) is 8.48. The molecule has 7 heterocycles. The van der Waals surface area contributed by atoms with Gasteiger partial charge < -0.3 is 14.6 Å². The van der Waals surface area contributed by atoms with Crippen LogP contribution in [0.4, 0.5) is 8.78 Å². The molecule has 1 saturated heterocycles. The van der Waals surface area contributed by atoms with Gasteiger partial charge in [0, 0.05) is 61.6 Å². The number of pyridine rings is 1. The minimum Gasteiger partial charge on any atom is -0.376 e. The smallest absolute Gasteiger partial charge is 0.338 e. The van der Waals surface area contributed by atoms with Crippen molar-refractivity contribution in [2.24, 2.45) is 7.05 Å². The Hall–Kier alpha value is -5.89. The van der Waals surface area contributed by atoms with E-state index in [9.17, 15) is 14.0 Å². The van der Waals surface area contributed by atoms with Crippen molar-refractivity contribution in [1.29, 1.82) is 0 Å². The van der Waals surface area contributed by atoms with Gasteiger partial charge in [0.15, 0.2) is 5.82 Å². The van der Waals surface area contributed by atoms with Crippen LogP contribution in [-0.2, 0) is 24.8 Å². The van der Waals surface area contributed by atoms with Gasteiger partial charge >= 0.3 is 5.69 Å². The van der Waals surface area contributed by atoms with Gasteiger partial charge in [0.1, 0.15) is 17.3 Å². The molecule has 7 aromatic rings. The van der Waals surface area contributed by atoms with Gasteiger partial charge in [0.05, 0.1) is 58.0 Å². The Bertz CT molecular complexity index is 2690. The third-order valence-electron chi connectivity index (χ3n) is 10.9. The summed E-state index contributed by atoms with van der Waals surface area (Å²) < 4.78 is 42.4.